The molecule has 2 fully saturated rings. The van der Waals surface area contributed by atoms with Crippen LogP contribution in [-0.2, 0) is 9.53 Å². The number of amides is 2. The number of benzene rings is 1. The zero-order valence-corrected chi connectivity index (χ0v) is 12.7. The molecule has 2 amide bonds. The van der Waals surface area contributed by atoms with Gasteiger partial charge in [-0.05, 0) is 31.2 Å². The molecule has 0 radical (unpaired) electrons. The van der Waals surface area contributed by atoms with Crippen molar-refractivity contribution in [2.75, 3.05) is 6.61 Å². The zero-order valence-electron chi connectivity index (χ0n) is 12.7. The van der Waals surface area contributed by atoms with Gasteiger partial charge in [-0.2, -0.15) is 0 Å². The molecule has 1 aromatic carbocycles. The normalized spacial score (nSPS) is 21.6. The fraction of sp³-hybridized carbons (Fsp3) is 0.444. The Balaban J connectivity index is 1.70. The lowest BCUT2D eigenvalue weighted by atomic mass is 9.94. The van der Waals surface area contributed by atoms with E-state index < -0.39 is 6.09 Å². The molecular formula is C18H21NO3. The van der Waals surface area contributed by atoms with Crippen LogP contribution in [0.3, 0.4) is 0 Å². The third-order valence-corrected chi connectivity index (χ3v) is 4.39. The number of rotatable bonds is 3. The summed E-state index contributed by atoms with van der Waals surface area (Å²) < 4.78 is 5.09. The van der Waals surface area contributed by atoms with Crippen LogP contribution >= 0.6 is 0 Å². The Morgan fingerprint density at radius 1 is 1.18 bits per heavy atom. The molecule has 0 bridgehead atoms. The van der Waals surface area contributed by atoms with Gasteiger partial charge in [-0.15, -0.1) is 0 Å². The molecular weight excluding hydrogens is 278 g/mol. The Bertz CT molecular complexity index is 571. The maximum atomic E-state index is 12.5. The number of hydrogen-bond acceptors (Lipinski definition) is 3. The van der Waals surface area contributed by atoms with Gasteiger partial charge in [-0.25, -0.2) is 9.69 Å². The predicted octanol–water partition coefficient (Wildman–Crippen LogP) is 3.99. The lowest BCUT2D eigenvalue weighted by Gasteiger charge is -2.20. The Morgan fingerprint density at radius 3 is 2.64 bits per heavy atom. The lowest BCUT2D eigenvalue weighted by Crippen LogP contribution is -2.33. The first-order valence-electron chi connectivity index (χ1n) is 7.97. The average Bonchev–Trinajstić information content (AvgIpc) is 2.96. The van der Waals surface area contributed by atoms with Gasteiger partial charge in [0.1, 0.15) is 12.6 Å². The summed E-state index contributed by atoms with van der Waals surface area (Å²) in [6.07, 6.45) is 7.63. The van der Waals surface area contributed by atoms with Crippen LogP contribution < -0.4 is 0 Å². The van der Waals surface area contributed by atoms with E-state index in [1.165, 1.54) is 29.7 Å². The quantitative estimate of drug-likeness (QED) is 0.793. The van der Waals surface area contributed by atoms with Crippen LogP contribution in [0.2, 0.25) is 0 Å². The van der Waals surface area contributed by atoms with Crippen LogP contribution in [0.1, 0.15) is 50.1 Å². The summed E-state index contributed by atoms with van der Waals surface area (Å²) >= 11 is 0. The molecule has 0 spiro atoms. The Labute approximate surface area is 130 Å². The third-order valence-electron chi connectivity index (χ3n) is 4.39. The molecule has 1 aliphatic heterocycles. The van der Waals surface area contributed by atoms with Gasteiger partial charge in [0.15, 0.2) is 0 Å². The van der Waals surface area contributed by atoms with Crippen LogP contribution in [0.5, 0.6) is 0 Å². The average molecular weight is 299 g/mol. The van der Waals surface area contributed by atoms with Gasteiger partial charge in [0.2, 0.25) is 5.91 Å². The Hall–Kier alpha value is -2.10. The first-order chi connectivity index (χ1) is 10.8. The molecule has 1 aliphatic carbocycles. The van der Waals surface area contributed by atoms with Crippen molar-refractivity contribution >= 4 is 12.0 Å². The van der Waals surface area contributed by atoms with Crippen molar-refractivity contribution in [1.29, 1.82) is 0 Å². The lowest BCUT2D eigenvalue weighted by molar-refractivity contribution is -0.128. The number of imide groups is 1. The van der Waals surface area contributed by atoms with Crippen LogP contribution in [0.15, 0.2) is 42.0 Å². The number of allylic oxidation sites excluding steroid dienone is 1. The number of carbonyl (C=O) groups is 2. The van der Waals surface area contributed by atoms with E-state index in [9.17, 15) is 9.59 Å². The van der Waals surface area contributed by atoms with E-state index in [0.29, 0.717) is 0 Å². The van der Waals surface area contributed by atoms with E-state index >= 15 is 0 Å². The fourth-order valence-electron chi connectivity index (χ4n) is 3.16. The molecule has 0 aromatic heterocycles. The summed E-state index contributed by atoms with van der Waals surface area (Å²) in [5.41, 5.74) is 2.29. The predicted molar refractivity (Wildman–Crippen MR) is 83.2 cm³/mol. The monoisotopic (exact) mass is 299 g/mol. The molecule has 116 valence electrons. The van der Waals surface area contributed by atoms with Crippen LogP contribution in [0.4, 0.5) is 4.79 Å². The summed E-state index contributed by atoms with van der Waals surface area (Å²) in [6, 6.07) is 9.28. The smallest absolute Gasteiger partial charge is 0.417 e. The molecule has 1 aromatic rings. The van der Waals surface area contributed by atoms with Gasteiger partial charge in [0.25, 0.3) is 0 Å². The zero-order chi connectivity index (χ0) is 15.4. The van der Waals surface area contributed by atoms with E-state index in [-0.39, 0.29) is 25.0 Å². The minimum atomic E-state index is -0.527. The van der Waals surface area contributed by atoms with Crippen LogP contribution in [0.25, 0.3) is 0 Å². The largest absolute Gasteiger partial charge is 0.446 e. The van der Waals surface area contributed by atoms with E-state index in [2.05, 4.69) is 0 Å². The van der Waals surface area contributed by atoms with Crippen molar-refractivity contribution in [3.8, 4) is 0 Å². The molecule has 1 atom stereocenters. The second kappa shape index (κ2) is 6.77. The number of hydrogen-bond donors (Lipinski definition) is 0. The van der Waals surface area contributed by atoms with Crippen molar-refractivity contribution in [1.82, 2.24) is 4.90 Å². The van der Waals surface area contributed by atoms with Crippen LogP contribution in [0, 0.1) is 0 Å². The first kappa shape index (κ1) is 14.8. The minimum absolute atomic E-state index is 0.172. The van der Waals surface area contributed by atoms with E-state index in [0.717, 1.165) is 18.4 Å². The number of nitrogens with zero attached hydrogens (tertiary/aromatic N) is 1. The second-order valence-corrected chi connectivity index (χ2v) is 5.89. The second-order valence-electron chi connectivity index (χ2n) is 5.89. The molecule has 2 aliphatic rings. The maximum Gasteiger partial charge on any atom is 0.417 e. The molecule has 4 nitrogen and oxygen atoms in total. The van der Waals surface area contributed by atoms with E-state index in [1.54, 1.807) is 0 Å². The number of carbonyl (C=O) groups excluding carboxylic acids is 2. The van der Waals surface area contributed by atoms with Crippen molar-refractivity contribution in [2.24, 2.45) is 0 Å². The molecule has 1 saturated carbocycles. The van der Waals surface area contributed by atoms with Gasteiger partial charge < -0.3 is 4.74 Å². The molecule has 1 saturated heterocycles. The Morgan fingerprint density at radius 2 is 1.91 bits per heavy atom. The van der Waals surface area contributed by atoms with Gasteiger partial charge in [-0.1, -0.05) is 48.4 Å². The number of ether oxygens (including phenoxy) is 1. The highest BCUT2D eigenvalue weighted by atomic mass is 16.6. The first-order valence-corrected chi connectivity index (χ1v) is 7.97. The SMILES string of the molecule is O=C(CC=C1CCCCC1)N1C(=O)OC[C@H]1c1ccccc1. The van der Waals surface area contributed by atoms with Crippen LogP contribution in [-0.4, -0.2) is 23.5 Å². The van der Waals surface area contributed by atoms with Gasteiger partial charge >= 0.3 is 6.09 Å². The summed E-state index contributed by atoms with van der Waals surface area (Å²) in [4.78, 5) is 25.6. The van der Waals surface area contributed by atoms with Crippen molar-refractivity contribution in [3.05, 3.63) is 47.5 Å². The van der Waals surface area contributed by atoms with Crippen molar-refractivity contribution < 1.29 is 14.3 Å². The highest BCUT2D eigenvalue weighted by Crippen LogP contribution is 2.29. The summed E-state index contributed by atoms with van der Waals surface area (Å²) in [7, 11) is 0. The summed E-state index contributed by atoms with van der Waals surface area (Å²) in [6.45, 7) is 0.241. The molecule has 22 heavy (non-hydrogen) atoms. The molecule has 0 N–H and O–H groups in total. The topological polar surface area (TPSA) is 46.6 Å². The van der Waals surface area contributed by atoms with E-state index in [4.69, 9.17) is 4.74 Å². The third kappa shape index (κ3) is 3.21. The summed E-state index contributed by atoms with van der Waals surface area (Å²) in [5, 5.41) is 0. The summed E-state index contributed by atoms with van der Waals surface area (Å²) in [5.74, 6) is -0.172. The van der Waals surface area contributed by atoms with Gasteiger partial charge in [0.05, 0.1) is 0 Å². The van der Waals surface area contributed by atoms with Gasteiger partial charge in [0, 0.05) is 6.42 Å². The van der Waals surface area contributed by atoms with Crippen molar-refractivity contribution in [2.45, 2.75) is 44.6 Å². The van der Waals surface area contributed by atoms with Crippen molar-refractivity contribution in [3.63, 3.8) is 0 Å². The fourth-order valence-corrected chi connectivity index (χ4v) is 3.16. The Kier molecular flexibility index (Phi) is 4.56. The maximum absolute atomic E-state index is 12.5. The molecule has 1 heterocycles. The molecule has 3 rings (SSSR count). The molecule has 0 unspecified atom stereocenters. The highest BCUT2D eigenvalue weighted by molar-refractivity contribution is 5.94. The van der Waals surface area contributed by atoms with E-state index in [1.807, 2.05) is 36.4 Å². The minimum Gasteiger partial charge on any atom is -0.446 e. The highest BCUT2D eigenvalue weighted by Gasteiger charge is 2.38. The van der Waals surface area contributed by atoms with Gasteiger partial charge in [-0.3, -0.25) is 4.79 Å². The number of cyclic esters (lactones) is 1. The standard InChI is InChI=1S/C18H21NO3/c20-17(12-11-14-7-3-1-4-8-14)19-16(13-22-18(19)21)15-9-5-2-6-10-15/h2,5-6,9-11,16H,1,3-4,7-8,12-13H2/t16-/m0/s1. The molecule has 4 heteroatoms.